The van der Waals surface area contributed by atoms with Gasteiger partial charge in [-0.05, 0) is 19.1 Å². The van der Waals surface area contributed by atoms with Crippen LogP contribution < -0.4 is 5.32 Å². The van der Waals surface area contributed by atoms with Crippen molar-refractivity contribution in [2.24, 2.45) is 0 Å². The number of anilines is 1. The van der Waals surface area contributed by atoms with Crippen LogP contribution in [0.15, 0.2) is 18.2 Å². The number of carbonyl (C=O) groups excluding carboxylic acids is 1. The van der Waals surface area contributed by atoms with Crippen LogP contribution in [0.3, 0.4) is 0 Å². The Bertz CT molecular complexity index is 432. The largest absolute Gasteiger partial charge is 0.418 e. The number of hydrogen-bond acceptors (Lipinski definition) is 1. The fourth-order valence-corrected chi connectivity index (χ4v) is 1.39. The van der Waals surface area contributed by atoms with E-state index in [1.54, 1.807) is 0 Å². The summed E-state index contributed by atoms with van der Waals surface area (Å²) in [5.41, 5.74) is -1.48. The van der Waals surface area contributed by atoms with Crippen molar-refractivity contribution < 1.29 is 18.0 Å². The van der Waals surface area contributed by atoms with Crippen molar-refractivity contribution in [2.45, 2.75) is 18.5 Å². The van der Waals surface area contributed by atoms with Gasteiger partial charge in [0.05, 0.1) is 16.3 Å². The third-order valence-electron chi connectivity index (χ3n) is 1.93. The number of rotatable bonds is 2. The normalized spacial score (nSPS) is 13.3. The molecule has 0 saturated heterocycles. The van der Waals surface area contributed by atoms with E-state index in [1.165, 1.54) is 13.0 Å². The molecule has 0 spiro atoms. The van der Waals surface area contributed by atoms with E-state index < -0.39 is 28.7 Å². The molecule has 0 radical (unpaired) electrons. The number of hydrogen-bond donors (Lipinski definition) is 1. The van der Waals surface area contributed by atoms with Crippen molar-refractivity contribution in [3.63, 3.8) is 0 Å². The average Bonchev–Trinajstić information content (AvgIpc) is 2.18. The number of para-hydroxylation sites is 1. The molecule has 7 heteroatoms. The van der Waals surface area contributed by atoms with Gasteiger partial charge in [-0.25, -0.2) is 0 Å². The second-order valence-electron chi connectivity index (χ2n) is 3.27. The first-order valence-electron chi connectivity index (χ1n) is 4.54. The maximum absolute atomic E-state index is 12.6. The summed E-state index contributed by atoms with van der Waals surface area (Å²) in [5, 5.41) is 0.921. The lowest BCUT2D eigenvalue weighted by atomic mass is 10.1. The summed E-state index contributed by atoms with van der Waals surface area (Å²) in [4.78, 5) is 11.3. The smallest absolute Gasteiger partial charge is 0.323 e. The lowest BCUT2D eigenvalue weighted by molar-refractivity contribution is -0.137. The summed E-state index contributed by atoms with van der Waals surface area (Å²) in [6.07, 6.45) is -4.59. The Labute approximate surface area is 106 Å². The van der Waals surface area contributed by atoms with Crippen LogP contribution >= 0.6 is 23.2 Å². The summed E-state index contributed by atoms with van der Waals surface area (Å²) in [5.74, 6) is -0.745. The highest BCUT2D eigenvalue weighted by molar-refractivity contribution is 6.35. The molecule has 0 saturated carbocycles. The summed E-state index contributed by atoms with van der Waals surface area (Å²) in [6.45, 7) is 1.35. The molecule has 0 bridgehead atoms. The van der Waals surface area contributed by atoms with Crippen molar-refractivity contribution in [1.29, 1.82) is 0 Å². The molecule has 0 aliphatic heterocycles. The minimum Gasteiger partial charge on any atom is -0.323 e. The van der Waals surface area contributed by atoms with E-state index in [-0.39, 0.29) is 5.02 Å². The first kappa shape index (κ1) is 14.1. The van der Waals surface area contributed by atoms with E-state index in [0.717, 1.165) is 12.1 Å². The molecule has 1 aromatic carbocycles. The van der Waals surface area contributed by atoms with Crippen molar-refractivity contribution in [2.75, 3.05) is 5.32 Å². The number of benzene rings is 1. The second kappa shape index (κ2) is 5.14. The third kappa shape index (κ3) is 3.51. The first-order chi connectivity index (χ1) is 7.73. The van der Waals surface area contributed by atoms with Gasteiger partial charge >= 0.3 is 6.18 Å². The van der Waals surface area contributed by atoms with E-state index in [4.69, 9.17) is 23.2 Å². The maximum atomic E-state index is 12.6. The van der Waals surface area contributed by atoms with Crippen LogP contribution in [0.5, 0.6) is 0 Å². The first-order valence-corrected chi connectivity index (χ1v) is 5.35. The van der Waals surface area contributed by atoms with Crippen LogP contribution in [0.2, 0.25) is 5.02 Å². The Balaban J connectivity index is 3.18. The van der Waals surface area contributed by atoms with Gasteiger partial charge in [-0.3, -0.25) is 4.79 Å². The van der Waals surface area contributed by atoms with Crippen molar-refractivity contribution in [3.05, 3.63) is 28.8 Å². The molecule has 0 aromatic heterocycles. The van der Waals surface area contributed by atoms with Crippen molar-refractivity contribution in [1.82, 2.24) is 0 Å². The zero-order valence-electron chi connectivity index (χ0n) is 8.61. The van der Waals surface area contributed by atoms with E-state index >= 15 is 0 Å². The minimum absolute atomic E-state index is 0.189. The Morgan fingerprint density at radius 3 is 2.47 bits per heavy atom. The van der Waals surface area contributed by atoms with Crippen LogP contribution in [0.25, 0.3) is 0 Å². The lowest BCUT2D eigenvalue weighted by Crippen LogP contribution is -2.22. The fourth-order valence-electron chi connectivity index (χ4n) is 1.11. The predicted molar refractivity (Wildman–Crippen MR) is 60.4 cm³/mol. The highest BCUT2D eigenvalue weighted by atomic mass is 35.5. The van der Waals surface area contributed by atoms with Crippen LogP contribution in [-0.2, 0) is 11.0 Å². The number of amides is 1. The van der Waals surface area contributed by atoms with Gasteiger partial charge in [-0.15, -0.1) is 11.6 Å². The third-order valence-corrected chi connectivity index (χ3v) is 2.44. The summed E-state index contributed by atoms with van der Waals surface area (Å²) in [7, 11) is 0. The van der Waals surface area contributed by atoms with Gasteiger partial charge in [-0.1, -0.05) is 17.7 Å². The molecular weight excluding hydrogens is 278 g/mol. The second-order valence-corrected chi connectivity index (χ2v) is 4.33. The van der Waals surface area contributed by atoms with E-state index in [1.807, 2.05) is 0 Å². The van der Waals surface area contributed by atoms with Crippen LogP contribution in [-0.4, -0.2) is 11.3 Å². The van der Waals surface area contributed by atoms with Gasteiger partial charge in [0, 0.05) is 0 Å². The monoisotopic (exact) mass is 285 g/mol. The van der Waals surface area contributed by atoms with Gasteiger partial charge in [-0.2, -0.15) is 13.2 Å². The molecule has 94 valence electrons. The Morgan fingerprint density at radius 2 is 2.00 bits per heavy atom. The summed E-state index contributed by atoms with van der Waals surface area (Å²) in [6, 6.07) is 3.25. The van der Waals surface area contributed by atoms with E-state index in [0.29, 0.717) is 0 Å². The molecule has 0 fully saturated rings. The predicted octanol–water partition coefficient (Wildman–Crippen LogP) is 3.92. The fraction of sp³-hybridized carbons (Fsp3) is 0.300. The number of nitrogens with one attached hydrogen (secondary N) is 1. The van der Waals surface area contributed by atoms with Crippen LogP contribution in [0.4, 0.5) is 18.9 Å². The molecule has 1 unspecified atom stereocenters. The van der Waals surface area contributed by atoms with Gasteiger partial charge in [0.25, 0.3) is 0 Å². The zero-order valence-corrected chi connectivity index (χ0v) is 10.1. The van der Waals surface area contributed by atoms with Crippen LogP contribution in [0.1, 0.15) is 12.5 Å². The molecule has 0 aliphatic rings. The van der Waals surface area contributed by atoms with Gasteiger partial charge in [0.1, 0.15) is 5.38 Å². The van der Waals surface area contributed by atoms with Crippen LogP contribution in [0, 0.1) is 0 Å². The molecular formula is C10H8Cl2F3NO. The molecule has 17 heavy (non-hydrogen) atoms. The van der Waals surface area contributed by atoms with E-state index in [9.17, 15) is 18.0 Å². The Morgan fingerprint density at radius 1 is 1.41 bits per heavy atom. The molecule has 1 atom stereocenters. The van der Waals surface area contributed by atoms with Gasteiger partial charge in [0.2, 0.25) is 5.91 Å². The SMILES string of the molecule is CC(Cl)C(=O)Nc1c(Cl)cccc1C(F)(F)F. The molecule has 1 rings (SSSR count). The molecule has 1 N–H and O–H groups in total. The van der Waals surface area contributed by atoms with E-state index in [2.05, 4.69) is 5.32 Å². The number of alkyl halides is 4. The Kier molecular flexibility index (Phi) is 4.27. The van der Waals surface area contributed by atoms with Gasteiger partial charge < -0.3 is 5.32 Å². The topological polar surface area (TPSA) is 29.1 Å². The average molecular weight is 286 g/mol. The highest BCUT2D eigenvalue weighted by Gasteiger charge is 2.35. The van der Waals surface area contributed by atoms with Gasteiger partial charge in [0.15, 0.2) is 0 Å². The summed E-state index contributed by atoms with van der Waals surface area (Å²) >= 11 is 11.1. The quantitative estimate of drug-likeness (QED) is 0.820. The molecule has 0 aliphatic carbocycles. The summed E-state index contributed by atoms with van der Waals surface area (Å²) < 4.78 is 37.9. The van der Waals surface area contributed by atoms with Crippen molar-refractivity contribution in [3.8, 4) is 0 Å². The maximum Gasteiger partial charge on any atom is 0.418 e. The standard InChI is InChI=1S/C10H8Cl2F3NO/c1-5(11)9(17)16-8-6(10(13,14)15)3-2-4-7(8)12/h2-5H,1H3,(H,16,17). The number of carbonyl (C=O) groups is 1. The minimum atomic E-state index is -4.59. The number of halogens is 5. The zero-order chi connectivity index (χ0) is 13.2. The Hall–Kier alpha value is -0.940. The molecule has 2 nitrogen and oxygen atoms in total. The highest BCUT2D eigenvalue weighted by Crippen LogP contribution is 2.38. The molecule has 0 heterocycles. The lowest BCUT2D eigenvalue weighted by Gasteiger charge is -2.15. The molecule has 1 aromatic rings. The van der Waals surface area contributed by atoms with Crippen molar-refractivity contribution >= 4 is 34.8 Å². The molecule has 1 amide bonds.